The molecule has 0 aliphatic heterocycles. The molecule has 0 bridgehead atoms. The van der Waals surface area contributed by atoms with Crippen LogP contribution in [0.5, 0.6) is 0 Å². The zero-order valence-electron chi connectivity index (χ0n) is 9.99. The van der Waals surface area contributed by atoms with Crippen LogP contribution in [0.3, 0.4) is 0 Å². The lowest BCUT2D eigenvalue weighted by Gasteiger charge is -2.17. The molecule has 16 heavy (non-hydrogen) atoms. The molecule has 0 heterocycles. The Morgan fingerprint density at radius 3 is 1.50 bits per heavy atom. The zero-order valence-corrected chi connectivity index (χ0v) is 13.2. The third kappa shape index (κ3) is 2.67. The van der Waals surface area contributed by atoms with Crippen LogP contribution in [0.15, 0.2) is 8.95 Å². The Hall–Kier alpha value is 0.1000. The van der Waals surface area contributed by atoms with Crippen molar-refractivity contribution in [1.29, 1.82) is 0 Å². The van der Waals surface area contributed by atoms with E-state index in [9.17, 15) is 0 Å². The number of ether oxygens (including phenoxy) is 2. The van der Waals surface area contributed by atoms with Gasteiger partial charge in [0, 0.05) is 23.2 Å². The van der Waals surface area contributed by atoms with Gasteiger partial charge in [0.05, 0.1) is 13.2 Å². The standard InChI is InChI=1S/C12H16Br2O2/c1-7-9(5-15-3)11(13)8(2)12(14)10(7)6-16-4/h5-6H2,1-4H3. The summed E-state index contributed by atoms with van der Waals surface area (Å²) in [7, 11) is 3.42. The van der Waals surface area contributed by atoms with Crippen molar-refractivity contribution in [2.24, 2.45) is 0 Å². The number of hydrogen-bond donors (Lipinski definition) is 0. The lowest BCUT2D eigenvalue weighted by molar-refractivity contribution is 0.178. The van der Waals surface area contributed by atoms with Gasteiger partial charge in [0.15, 0.2) is 0 Å². The van der Waals surface area contributed by atoms with Crippen molar-refractivity contribution in [3.63, 3.8) is 0 Å². The molecule has 0 radical (unpaired) electrons. The molecule has 0 atom stereocenters. The smallest absolute Gasteiger partial charge is 0.0726 e. The van der Waals surface area contributed by atoms with Crippen molar-refractivity contribution in [3.8, 4) is 0 Å². The van der Waals surface area contributed by atoms with Gasteiger partial charge in [0.2, 0.25) is 0 Å². The number of halogens is 2. The third-order valence-electron chi connectivity index (χ3n) is 2.67. The maximum absolute atomic E-state index is 5.23. The molecule has 0 aliphatic rings. The molecule has 2 nitrogen and oxygen atoms in total. The highest BCUT2D eigenvalue weighted by Crippen LogP contribution is 2.35. The summed E-state index contributed by atoms with van der Waals surface area (Å²) in [6.07, 6.45) is 0. The molecule has 1 aromatic rings. The Balaban J connectivity index is 3.39. The van der Waals surface area contributed by atoms with E-state index in [0.717, 1.165) is 8.95 Å². The van der Waals surface area contributed by atoms with Crippen molar-refractivity contribution in [2.75, 3.05) is 14.2 Å². The first-order valence-electron chi connectivity index (χ1n) is 4.98. The number of rotatable bonds is 4. The van der Waals surface area contributed by atoms with Gasteiger partial charge in [-0.3, -0.25) is 0 Å². The maximum Gasteiger partial charge on any atom is 0.0726 e. The van der Waals surface area contributed by atoms with Gasteiger partial charge in [-0.05, 0) is 36.1 Å². The second kappa shape index (κ2) is 6.15. The van der Waals surface area contributed by atoms with Gasteiger partial charge in [-0.15, -0.1) is 0 Å². The van der Waals surface area contributed by atoms with E-state index in [0.29, 0.717) is 13.2 Å². The molecule has 0 spiro atoms. The van der Waals surface area contributed by atoms with Crippen LogP contribution in [-0.4, -0.2) is 14.2 Å². The van der Waals surface area contributed by atoms with Crippen molar-refractivity contribution < 1.29 is 9.47 Å². The van der Waals surface area contributed by atoms with E-state index in [-0.39, 0.29) is 0 Å². The van der Waals surface area contributed by atoms with Gasteiger partial charge < -0.3 is 9.47 Å². The highest BCUT2D eigenvalue weighted by atomic mass is 79.9. The average molecular weight is 352 g/mol. The van der Waals surface area contributed by atoms with Crippen LogP contribution >= 0.6 is 31.9 Å². The minimum atomic E-state index is 0.608. The molecule has 0 aromatic heterocycles. The second-order valence-electron chi connectivity index (χ2n) is 3.70. The molecule has 1 rings (SSSR count). The van der Waals surface area contributed by atoms with E-state index in [1.54, 1.807) is 14.2 Å². The zero-order chi connectivity index (χ0) is 12.3. The summed E-state index contributed by atoms with van der Waals surface area (Å²) in [5.41, 5.74) is 4.78. The molecule has 0 saturated carbocycles. The minimum absolute atomic E-state index is 0.608. The lowest BCUT2D eigenvalue weighted by Crippen LogP contribution is -2.03. The maximum atomic E-state index is 5.23. The number of methoxy groups -OCH3 is 2. The summed E-state index contributed by atoms with van der Waals surface area (Å²) in [6.45, 7) is 5.39. The van der Waals surface area contributed by atoms with Gasteiger partial charge in [-0.1, -0.05) is 31.9 Å². The Labute approximate surface area is 114 Å². The van der Waals surface area contributed by atoms with Crippen LogP contribution in [0, 0.1) is 13.8 Å². The Bertz CT molecular complexity index is 356. The fourth-order valence-corrected chi connectivity index (χ4v) is 3.18. The summed E-state index contributed by atoms with van der Waals surface area (Å²) in [6, 6.07) is 0. The van der Waals surface area contributed by atoms with E-state index in [1.807, 2.05) is 0 Å². The molecule has 4 heteroatoms. The summed E-state index contributed by atoms with van der Waals surface area (Å²) in [5, 5.41) is 0. The van der Waals surface area contributed by atoms with Gasteiger partial charge >= 0.3 is 0 Å². The van der Waals surface area contributed by atoms with Crippen molar-refractivity contribution >= 4 is 31.9 Å². The van der Waals surface area contributed by atoms with E-state index in [1.165, 1.54) is 22.3 Å². The van der Waals surface area contributed by atoms with Crippen LogP contribution in [-0.2, 0) is 22.7 Å². The fourth-order valence-electron chi connectivity index (χ4n) is 1.69. The number of hydrogen-bond acceptors (Lipinski definition) is 2. The summed E-state index contributed by atoms with van der Waals surface area (Å²) in [5.74, 6) is 0. The first kappa shape index (κ1) is 14.2. The van der Waals surface area contributed by atoms with E-state index in [2.05, 4.69) is 45.7 Å². The molecule has 0 N–H and O–H groups in total. The average Bonchev–Trinajstić information content (AvgIpc) is 2.28. The largest absolute Gasteiger partial charge is 0.380 e. The van der Waals surface area contributed by atoms with Crippen LogP contribution in [0.4, 0.5) is 0 Å². The third-order valence-corrected chi connectivity index (χ3v) is 4.82. The number of benzene rings is 1. The van der Waals surface area contributed by atoms with Crippen LogP contribution in [0.1, 0.15) is 22.3 Å². The molecule has 0 fully saturated rings. The highest BCUT2D eigenvalue weighted by molar-refractivity contribution is 9.11. The first-order chi connectivity index (χ1) is 7.54. The van der Waals surface area contributed by atoms with Crippen molar-refractivity contribution in [2.45, 2.75) is 27.1 Å². The summed E-state index contributed by atoms with van der Waals surface area (Å²) >= 11 is 7.23. The molecule has 0 saturated heterocycles. The Kier molecular flexibility index (Phi) is 5.44. The van der Waals surface area contributed by atoms with Crippen LogP contribution in [0.25, 0.3) is 0 Å². The van der Waals surface area contributed by atoms with Gasteiger partial charge in [0.1, 0.15) is 0 Å². The SMILES string of the molecule is COCc1c(C)c(COC)c(Br)c(C)c1Br. The molecular formula is C12H16Br2O2. The Morgan fingerprint density at radius 2 is 1.19 bits per heavy atom. The van der Waals surface area contributed by atoms with E-state index in [4.69, 9.17) is 9.47 Å². The highest BCUT2D eigenvalue weighted by Gasteiger charge is 2.16. The van der Waals surface area contributed by atoms with Crippen LogP contribution in [0.2, 0.25) is 0 Å². The topological polar surface area (TPSA) is 18.5 Å². The normalized spacial score (nSPS) is 10.9. The Morgan fingerprint density at radius 1 is 0.812 bits per heavy atom. The molecule has 0 unspecified atom stereocenters. The molecule has 0 amide bonds. The minimum Gasteiger partial charge on any atom is -0.380 e. The fraction of sp³-hybridized carbons (Fsp3) is 0.500. The monoisotopic (exact) mass is 350 g/mol. The molecule has 0 aliphatic carbocycles. The molecular weight excluding hydrogens is 336 g/mol. The second-order valence-corrected chi connectivity index (χ2v) is 5.29. The van der Waals surface area contributed by atoms with Crippen molar-refractivity contribution in [1.82, 2.24) is 0 Å². The summed E-state index contributed by atoms with van der Waals surface area (Å²) in [4.78, 5) is 0. The predicted molar refractivity (Wildman–Crippen MR) is 72.7 cm³/mol. The van der Waals surface area contributed by atoms with E-state index < -0.39 is 0 Å². The first-order valence-corrected chi connectivity index (χ1v) is 6.56. The van der Waals surface area contributed by atoms with Crippen LogP contribution < -0.4 is 0 Å². The summed E-state index contributed by atoms with van der Waals surface area (Å²) < 4.78 is 12.7. The lowest BCUT2D eigenvalue weighted by atomic mass is 10.00. The molecule has 1 aromatic carbocycles. The van der Waals surface area contributed by atoms with Gasteiger partial charge in [-0.2, -0.15) is 0 Å². The van der Waals surface area contributed by atoms with Gasteiger partial charge in [-0.25, -0.2) is 0 Å². The predicted octanol–water partition coefficient (Wildman–Crippen LogP) is 4.12. The quantitative estimate of drug-likeness (QED) is 0.812. The van der Waals surface area contributed by atoms with Crippen molar-refractivity contribution in [3.05, 3.63) is 31.2 Å². The molecule has 90 valence electrons. The van der Waals surface area contributed by atoms with E-state index >= 15 is 0 Å². The van der Waals surface area contributed by atoms with Gasteiger partial charge in [0.25, 0.3) is 0 Å².